The van der Waals surface area contributed by atoms with Crippen molar-refractivity contribution >= 4 is 17.6 Å². The maximum absolute atomic E-state index is 10.8. The summed E-state index contributed by atoms with van der Waals surface area (Å²) in [4.78, 5) is 12.9. The first kappa shape index (κ1) is 15.0. The monoisotopic (exact) mass is 269 g/mol. The van der Waals surface area contributed by atoms with Crippen molar-refractivity contribution in [1.29, 1.82) is 0 Å². The van der Waals surface area contributed by atoms with E-state index in [0.29, 0.717) is 0 Å². The molecular weight excluding hydrogens is 250 g/mol. The van der Waals surface area contributed by atoms with Crippen LogP contribution in [0.25, 0.3) is 0 Å². The second-order valence-electron chi connectivity index (χ2n) is 5.18. The van der Waals surface area contributed by atoms with Gasteiger partial charge in [-0.1, -0.05) is 23.7 Å². The third-order valence-electron chi connectivity index (χ3n) is 3.27. The Morgan fingerprint density at radius 2 is 1.89 bits per heavy atom. The molecule has 0 aliphatic heterocycles. The van der Waals surface area contributed by atoms with E-state index >= 15 is 0 Å². The van der Waals surface area contributed by atoms with Gasteiger partial charge in [0.2, 0.25) is 0 Å². The van der Waals surface area contributed by atoms with E-state index in [1.807, 2.05) is 45.2 Å². The molecule has 18 heavy (non-hydrogen) atoms. The average Bonchev–Trinajstić information content (AvgIpc) is 2.26. The Morgan fingerprint density at radius 3 is 2.39 bits per heavy atom. The molecular formula is C14H20ClNO2. The van der Waals surface area contributed by atoms with Crippen LogP contribution >= 0.6 is 11.6 Å². The lowest BCUT2D eigenvalue weighted by atomic mass is 9.98. The fourth-order valence-corrected chi connectivity index (χ4v) is 1.88. The number of aliphatic carboxylic acids is 1. The lowest BCUT2D eigenvalue weighted by Gasteiger charge is -2.34. The average molecular weight is 270 g/mol. The van der Waals surface area contributed by atoms with Gasteiger partial charge in [0.1, 0.15) is 0 Å². The van der Waals surface area contributed by atoms with Crippen LogP contribution in [0.4, 0.5) is 0 Å². The van der Waals surface area contributed by atoms with Gasteiger partial charge in [-0.25, -0.2) is 0 Å². The summed E-state index contributed by atoms with van der Waals surface area (Å²) in [6.07, 6.45) is 1.03. The molecule has 1 aromatic carbocycles. The van der Waals surface area contributed by atoms with Gasteiger partial charge in [0, 0.05) is 17.1 Å². The van der Waals surface area contributed by atoms with Crippen LogP contribution in [0.1, 0.15) is 25.8 Å². The summed E-state index contributed by atoms with van der Waals surface area (Å²) < 4.78 is 0. The Bertz CT molecular complexity index is 401. The van der Waals surface area contributed by atoms with Gasteiger partial charge in [-0.2, -0.15) is 0 Å². The van der Waals surface area contributed by atoms with Gasteiger partial charge < -0.3 is 10.0 Å². The number of carboxylic acids is 1. The quantitative estimate of drug-likeness (QED) is 0.863. The van der Waals surface area contributed by atoms with Gasteiger partial charge in [-0.05, 0) is 45.0 Å². The number of rotatable bonds is 6. The topological polar surface area (TPSA) is 40.5 Å². The van der Waals surface area contributed by atoms with Crippen LogP contribution in [0.3, 0.4) is 0 Å². The molecule has 0 atom stereocenters. The van der Waals surface area contributed by atoms with Crippen molar-refractivity contribution in [2.45, 2.75) is 32.2 Å². The van der Waals surface area contributed by atoms with Crippen LogP contribution in [0.15, 0.2) is 24.3 Å². The van der Waals surface area contributed by atoms with Gasteiger partial charge in [0.25, 0.3) is 0 Å². The van der Waals surface area contributed by atoms with Gasteiger partial charge in [-0.3, -0.25) is 4.79 Å². The highest BCUT2D eigenvalue weighted by molar-refractivity contribution is 6.30. The predicted octanol–water partition coefficient (Wildman–Crippen LogP) is 3.07. The molecule has 0 spiro atoms. The molecule has 0 aliphatic carbocycles. The van der Waals surface area contributed by atoms with Crippen molar-refractivity contribution in [3.8, 4) is 0 Å². The molecule has 0 heterocycles. The van der Waals surface area contributed by atoms with Crippen LogP contribution in [-0.4, -0.2) is 35.1 Å². The van der Waals surface area contributed by atoms with E-state index in [1.165, 1.54) is 5.56 Å². The lowest BCUT2D eigenvalue weighted by molar-refractivity contribution is -0.139. The maximum atomic E-state index is 10.8. The Balaban J connectivity index is 2.52. The number of nitrogens with zero attached hydrogens (tertiary/aromatic N) is 1. The first-order valence-electron chi connectivity index (χ1n) is 5.99. The second kappa shape index (κ2) is 6.21. The van der Waals surface area contributed by atoms with Gasteiger partial charge in [-0.15, -0.1) is 0 Å². The van der Waals surface area contributed by atoms with Crippen LogP contribution < -0.4 is 0 Å². The summed E-state index contributed by atoms with van der Waals surface area (Å²) in [5.74, 6) is -0.765. The molecule has 1 rings (SSSR count). The number of halogens is 1. The van der Waals surface area contributed by atoms with Crippen LogP contribution in [-0.2, 0) is 11.2 Å². The number of likely N-dealkylation sites (N-methyl/N-ethyl adjacent to an activating group) is 1. The highest BCUT2D eigenvalue weighted by Crippen LogP contribution is 2.18. The van der Waals surface area contributed by atoms with Crippen LogP contribution in [0.5, 0.6) is 0 Å². The van der Waals surface area contributed by atoms with E-state index in [1.54, 1.807) is 0 Å². The first-order valence-corrected chi connectivity index (χ1v) is 6.36. The molecule has 0 aromatic heterocycles. The van der Waals surface area contributed by atoms with E-state index < -0.39 is 5.97 Å². The van der Waals surface area contributed by atoms with Crippen molar-refractivity contribution in [2.75, 3.05) is 13.6 Å². The van der Waals surface area contributed by atoms with E-state index in [-0.39, 0.29) is 12.0 Å². The Labute approximate surface area is 113 Å². The summed E-state index contributed by atoms with van der Waals surface area (Å²) >= 11 is 5.83. The standard InChI is InChI=1S/C14H20ClNO2/c1-14(2,10-13(17)18)16(3)9-8-11-4-6-12(15)7-5-11/h4-7H,8-10H2,1-3H3,(H,17,18). The SMILES string of the molecule is CN(CCc1ccc(Cl)cc1)C(C)(C)CC(=O)O. The third kappa shape index (κ3) is 4.67. The zero-order valence-electron chi connectivity index (χ0n) is 11.1. The number of carbonyl (C=O) groups is 1. The lowest BCUT2D eigenvalue weighted by Crippen LogP contribution is -2.43. The molecule has 0 radical (unpaired) electrons. The molecule has 1 N–H and O–H groups in total. The molecule has 0 bridgehead atoms. The first-order chi connectivity index (χ1) is 8.31. The Kier molecular flexibility index (Phi) is 5.17. The molecule has 0 amide bonds. The van der Waals surface area contributed by atoms with E-state index in [0.717, 1.165) is 18.0 Å². The van der Waals surface area contributed by atoms with Crippen LogP contribution in [0, 0.1) is 0 Å². The van der Waals surface area contributed by atoms with Crippen LogP contribution in [0.2, 0.25) is 5.02 Å². The molecule has 3 nitrogen and oxygen atoms in total. The van der Waals surface area contributed by atoms with Gasteiger partial charge >= 0.3 is 5.97 Å². The zero-order valence-corrected chi connectivity index (χ0v) is 11.9. The molecule has 4 heteroatoms. The number of benzene rings is 1. The minimum absolute atomic E-state index is 0.143. The normalized spacial score (nSPS) is 11.8. The number of carboxylic acid groups (broad SMARTS) is 1. The summed E-state index contributed by atoms with van der Waals surface area (Å²) in [6.45, 7) is 4.72. The van der Waals surface area contributed by atoms with Crippen molar-refractivity contribution in [3.05, 3.63) is 34.9 Å². The van der Waals surface area contributed by atoms with Crippen molar-refractivity contribution < 1.29 is 9.90 Å². The molecule has 100 valence electrons. The van der Waals surface area contributed by atoms with Gasteiger partial charge in [0.05, 0.1) is 6.42 Å². The fraction of sp³-hybridized carbons (Fsp3) is 0.500. The Hall–Kier alpha value is -1.06. The second-order valence-corrected chi connectivity index (χ2v) is 5.62. The highest BCUT2D eigenvalue weighted by atomic mass is 35.5. The highest BCUT2D eigenvalue weighted by Gasteiger charge is 2.26. The van der Waals surface area contributed by atoms with E-state index in [4.69, 9.17) is 16.7 Å². The molecule has 0 saturated carbocycles. The van der Waals surface area contributed by atoms with Crippen molar-refractivity contribution in [2.24, 2.45) is 0 Å². The third-order valence-corrected chi connectivity index (χ3v) is 3.52. The fourth-order valence-electron chi connectivity index (χ4n) is 1.76. The minimum Gasteiger partial charge on any atom is -0.481 e. The predicted molar refractivity (Wildman–Crippen MR) is 74.1 cm³/mol. The van der Waals surface area contributed by atoms with Crippen molar-refractivity contribution in [3.63, 3.8) is 0 Å². The number of hydrogen-bond acceptors (Lipinski definition) is 2. The van der Waals surface area contributed by atoms with Gasteiger partial charge in [0.15, 0.2) is 0 Å². The molecule has 0 aliphatic rings. The number of hydrogen-bond donors (Lipinski definition) is 1. The maximum Gasteiger partial charge on any atom is 0.305 e. The molecule has 0 unspecified atom stereocenters. The summed E-state index contributed by atoms with van der Waals surface area (Å²) in [7, 11) is 1.96. The van der Waals surface area contributed by atoms with E-state index in [9.17, 15) is 4.79 Å². The van der Waals surface area contributed by atoms with Crippen molar-refractivity contribution in [1.82, 2.24) is 4.90 Å². The summed E-state index contributed by atoms with van der Waals surface area (Å²) in [5.41, 5.74) is 0.871. The van der Waals surface area contributed by atoms with E-state index in [2.05, 4.69) is 4.90 Å². The smallest absolute Gasteiger partial charge is 0.305 e. The molecule has 0 saturated heterocycles. The molecule has 1 aromatic rings. The zero-order chi connectivity index (χ0) is 13.8. The summed E-state index contributed by atoms with van der Waals surface area (Å²) in [5, 5.41) is 9.61. The summed E-state index contributed by atoms with van der Waals surface area (Å²) in [6, 6.07) is 7.75. The largest absolute Gasteiger partial charge is 0.481 e. The minimum atomic E-state index is -0.765. The Morgan fingerprint density at radius 1 is 1.33 bits per heavy atom. The molecule has 0 fully saturated rings.